The molecule has 102 valence electrons. The van der Waals surface area contributed by atoms with E-state index in [9.17, 15) is 0 Å². The summed E-state index contributed by atoms with van der Waals surface area (Å²) < 4.78 is 7.14. The van der Waals surface area contributed by atoms with Crippen molar-refractivity contribution in [3.8, 4) is 0 Å². The molecular weight excluding hydrogens is 248 g/mol. The fraction of sp³-hybridized carbons (Fsp3) is 0.917. The van der Waals surface area contributed by atoms with E-state index in [2.05, 4.69) is 27.1 Å². The summed E-state index contributed by atoms with van der Waals surface area (Å²) in [6.45, 7) is 2.95. The lowest BCUT2D eigenvalue weighted by Crippen LogP contribution is -2.17. The quantitative estimate of drug-likeness (QED) is 0.744. The van der Waals surface area contributed by atoms with E-state index < -0.39 is 0 Å². The van der Waals surface area contributed by atoms with Gasteiger partial charge in [0.15, 0.2) is 5.82 Å². The van der Waals surface area contributed by atoms with Gasteiger partial charge >= 0.3 is 0 Å². The monoisotopic (exact) mass is 270 g/mol. The molecule has 1 aliphatic carbocycles. The Bertz CT molecular complexity index is 352. The Morgan fingerprint density at radius 3 is 2.89 bits per heavy atom. The van der Waals surface area contributed by atoms with Gasteiger partial charge in [-0.2, -0.15) is 0 Å². The van der Waals surface area contributed by atoms with Crippen LogP contribution in [-0.4, -0.2) is 39.7 Å². The average Bonchev–Trinajstić information content (AvgIpc) is 2.89. The molecule has 2 rings (SSSR count). The number of aromatic nitrogens is 4. The predicted molar refractivity (Wildman–Crippen MR) is 72.7 cm³/mol. The number of thioether (sulfide) groups is 1. The van der Waals surface area contributed by atoms with E-state index in [0.29, 0.717) is 11.3 Å². The van der Waals surface area contributed by atoms with Gasteiger partial charge in [0.1, 0.15) is 0 Å². The summed E-state index contributed by atoms with van der Waals surface area (Å²) in [6.07, 6.45) is 6.39. The first-order chi connectivity index (χ1) is 8.83. The molecule has 0 unspecified atom stereocenters. The van der Waals surface area contributed by atoms with Crippen molar-refractivity contribution in [1.29, 1.82) is 0 Å². The van der Waals surface area contributed by atoms with Crippen molar-refractivity contribution in [2.75, 3.05) is 19.5 Å². The second kappa shape index (κ2) is 7.09. The molecule has 0 aliphatic heterocycles. The highest BCUT2D eigenvalue weighted by Gasteiger charge is 2.22. The normalized spacial score (nSPS) is 19.0. The van der Waals surface area contributed by atoms with Crippen LogP contribution < -0.4 is 0 Å². The van der Waals surface area contributed by atoms with Gasteiger partial charge in [-0.3, -0.25) is 0 Å². The maximum atomic E-state index is 5.08. The summed E-state index contributed by atoms with van der Waals surface area (Å²) in [5.74, 6) is 2.00. The number of ether oxygens (including phenoxy) is 1. The van der Waals surface area contributed by atoms with Crippen LogP contribution in [0.5, 0.6) is 0 Å². The van der Waals surface area contributed by atoms with Crippen LogP contribution in [0.15, 0.2) is 0 Å². The van der Waals surface area contributed by atoms with Crippen LogP contribution in [0.1, 0.15) is 56.1 Å². The zero-order chi connectivity index (χ0) is 12.8. The Balaban J connectivity index is 1.97. The molecule has 0 N–H and O–H groups in total. The lowest BCUT2D eigenvalue weighted by molar-refractivity contribution is 0.218. The van der Waals surface area contributed by atoms with Crippen LogP contribution in [0.25, 0.3) is 0 Å². The molecule has 1 aromatic rings. The van der Waals surface area contributed by atoms with Gasteiger partial charge in [-0.15, -0.1) is 16.9 Å². The van der Waals surface area contributed by atoms with E-state index in [4.69, 9.17) is 4.74 Å². The van der Waals surface area contributed by atoms with Crippen molar-refractivity contribution in [2.45, 2.75) is 50.3 Å². The molecule has 1 fully saturated rings. The van der Waals surface area contributed by atoms with Crippen molar-refractivity contribution in [3.63, 3.8) is 0 Å². The maximum Gasteiger partial charge on any atom is 0.164 e. The summed E-state index contributed by atoms with van der Waals surface area (Å²) in [6, 6.07) is 0.509. The maximum absolute atomic E-state index is 5.08. The lowest BCUT2D eigenvalue weighted by atomic mass is 9.95. The van der Waals surface area contributed by atoms with E-state index in [1.807, 2.05) is 11.8 Å². The fourth-order valence-corrected chi connectivity index (χ4v) is 3.36. The van der Waals surface area contributed by atoms with E-state index in [0.717, 1.165) is 18.2 Å². The van der Waals surface area contributed by atoms with E-state index in [1.165, 1.54) is 32.1 Å². The number of methoxy groups -OCH3 is 1. The third kappa shape index (κ3) is 3.45. The molecule has 18 heavy (non-hydrogen) atoms. The molecule has 0 bridgehead atoms. The second-order valence-corrected chi connectivity index (χ2v) is 6.23. The largest absolute Gasteiger partial charge is 0.384 e. The minimum absolute atomic E-state index is 0.331. The van der Waals surface area contributed by atoms with Crippen molar-refractivity contribution in [2.24, 2.45) is 0 Å². The first kappa shape index (κ1) is 13.8. The number of hydrogen-bond acceptors (Lipinski definition) is 5. The van der Waals surface area contributed by atoms with Gasteiger partial charge in [0.2, 0.25) is 0 Å². The van der Waals surface area contributed by atoms with Gasteiger partial charge in [0.25, 0.3) is 0 Å². The SMILES string of the molecule is COCCS[C@H](C)c1nnnn1C1CCCCC1. The third-order valence-electron chi connectivity index (χ3n) is 3.46. The van der Waals surface area contributed by atoms with Crippen LogP contribution in [0.4, 0.5) is 0 Å². The molecule has 0 amide bonds. The molecule has 1 saturated carbocycles. The van der Waals surface area contributed by atoms with Gasteiger partial charge in [0, 0.05) is 12.9 Å². The minimum Gasteiger partial charge on any atom is -0.384 e. The Kier molecular flexibility index (Phi) is 5.44. The molecule has 5 nitrogen and oxygen atoms in total. The van der Waals surface area contributed by atoms with E-state index >= 15 is 0 Å². The highest BCUT2D eigenvalue weighted by molar-refractivity contribution is 7.99. The summed E-state index contributed by atoms with van der Waals surface area (Å²) in [5.41, 5.74) is 0. The highest BCUT2D eigenvalue weighted by atomic mass is 32.2. The van der Waals surface area contributed by atoms with Gasteiger partial charge in [-0.05, 0) is 30.2 Å². The molecule has 0 aromatic carbocycles. The first-order valence-corrected chi connectivity index (χ1v) is 7.76. The zero-order valence-electron chi connectivity index (χ0n) is 11.2. The Hall–Kier alpha value is -0.620. The predicted octanol–water partition coefficient (Wildman–Crippen LogP) is 2.62. The van der Waals surface area contributed by atoms with Crippen molar-refractivity contribution in [1.82, 2.24) is 20.2 Å². The van der Waals surface area contributed by atoms with Crippen LogP contribution >= 0.6 is 11.8 Å². The molecule has 0 spiro atoms. The molecule has 0 saturated heterocycles. The Morgan fingerprint density at radius 1 is 1.39 bits per heavy atom. The summed E-state index contributed by atoms with van der Waals surface area (Å²) in [7, 11) is 1.73. The summed E-state index contributed by atoms with van der Waals surface area (Å²) in [4.78, 5) is 0. The topological polar surface area (TPSA) is 52.8 Å². The number of nitrogens with zero attached hydrogens (tertiary/aromatic N) is 4. The van der Waals surface area contributed by atoms with E-state index in [-0.39, 0.29) is 0 Å². The molecule has 1 atom stereocenters. The number of hydrogen-bond donors (Lipinski definition) is 0. The van der Waals surface area contributed by atoms with Crippen LogP contribution in [0.3, 0.4) is 0 Å². The average molecular weight is 270 g/mol. The third-order valence-corrected chi connectivity index (χ3v) is 4.57. The van der Waals surface area contributed by atoms with Crippen LogP contribution in [0, 0.1) is 0 Å². The smallest absolute Gasteiger partial charge is 0.164 e. The first-order valence-electron chi connectivity index (χ1n) is 6.71. The van der Waals surface area contributed by atoms with E-state index in [1.54, 1.807) is 7.11 Å². The zero-order valence-corrected chi connectivity index (χ0v) is 12.0. The van der Waals surface area contributed by atoms with Crippen LogP contribution in [0.2, 0.25) is 0 Å². The summed E-state index contributed by atoms with van der Waals surface area (Å²) >= 11 is 1.85. The van der Waals surface area contributed by atoms with Gasteiger partial charge in [0.05, 0.1) is 17.9 Å². The fourth-order valence-electron chi connectivity index (χ4n) is 2.44. The molecule has 1 aliphatic rings. The van der Waals surface area contributed by atoms with Crippen LogP contribution in [-0.2, 0) is 4.74 Å². The molecule has 0 radical (unpaired) electrons. The van der Waals surface area contributed by atoms with Gasteiger partial charge in [-0.25, -0.2) is 4.68 Å². The molecular formula is C12H22N4OS. The number of rotatable bonds is 6. The molecule has 6 heteroatoms. The van der Waals surface area contributed by atoms with Crippen molar-refractivity contribution in [3.05, 3.63) is 5.82 Å². The Labute approximate surface area is 113 Å². The van der Waals surface area contributed by atoms with Crippen molar-refractivity contribution < 1.29 is 4.74 Å². The van der Waals surface area contributed by atoms with Gasteiger partial charge in [-0.1, -0.05) is 19.3 Å². The van der Waals surface area contributed by atoms with Gasteiger partial charge < -0.3 is 4.74 Å². The lowest BCUT2D eigenvalue weighted by Gasteiger charge is -2.23. The summed E-state index contributed by atoms with van der Waals surface area (Å²) in [5, 5.41) is 12.6. The molecule has 1 aromatic heterocycles. The highest BCUT2D eigenvalue weighted by Crippen LogP contribution is 2.32. The second-order valence-electron chi connectivity index (χ2n) is 4.78. The molecule has 1 heterocycles. The minimum atomic E-state index is 0.331. The number of tetrazole rings is 1. The van der Waals surface area contributed by atoms with Crippen molar-refractivity contribution >= 4 is 11.8 Å². The Morgan fingerprint density at radius 2 is 2.17 bits per heavy atom. The standard InChI is InChI=1S/C12H22N4OS/c1-10(18-9-8-17-2)12-13-14-15-16(12)11-6-4-3-5-7-11/h10-11H,3-9H2,1-2H3/t10-/m1/s1.